The van der Waals surface area contributed by atoms with Crippen LogP contribution in [0.2, 0.25) is 0 Å². The normalized spacial score (nSPS) is 11.1. The molecule has 1 N–H and O–H groups in total. The second-order valence-corrected chi connectivity index (χ2v) is 4.38. The van der Waals surface area contributed by atoms with E-state index >= 15 is 0 Å². The Kier molecular flexibility index (Phi) is 3.41. The average molecular weight is 243 g/mol. The summed E-state index contributed by atoms with van der Waals surface area (Å²) < 4.78 is 30.7. The van der Waals surface area contributed by atoms with Gasteiger partial charge >= 0.3 is 10.1 Å². The second kappa shape index (κ2) is 4.42. The van der Waals surface area contributed by atoms with Crippen LogP contribution in [0.15, 0.2) is 35.7 Å². The maximum Gasteiger partial charge on any atom is 0.301 e. The van der Waals surface area contributed by atoms with Crippen LogP contribution in [0.5, 0.6) is 0 Å². The van der Waals surface area contributed by atoms with Crippen molar-refractivity contribution in [1.82, 2.24) is 0 Å². The summed E-state index contributed by atoms with van der Waals surface area (Å²) in [7, 11) is -4.60. The topological polar surface area (TPSA) is 97.5 Å². The lowest BCUT2D eigenvalue weighted by Gasteiger charge is -2.03. The highest BCUT2D eigenvalue weighted by Gasteiger charge is 2.26. The molecule has 0 atom stereocenters. The monoisotopic (exact) mass is 243 g/mol. The van der Waals surface area contributed by atoms with Gasteiger partial charge in [-0.25, -0.2) is 0 Å². The summed E-state index contributed by atoms with van der Waals surface area (Å²) in [5.41, 5.74) is -0.417. The number of nitro groups is 1. The van der Waals surface area contributed by atoms with Crippen LogP contribution in [0, 0.1) is 10.1 Å². The van der Waals surface area contributed by atoms with E-state index in [4.69, 9.17) is 4.55 Å². The number of benzene rings is 1. The number of allylic oxidation sites excluding steroid dienone is 1. The zero-order chi connectivity index (χ0) is 12.3. The van der Waals surface area contributed by atoms with Crippen LogP contribution in [0.4, 0.5) is 5.69 Å². The quantitative estimate of drug-likeness (QED) is 0.374. The third-order valence-electron chi connectivity index (χ3n) is 1.91. The molecule has 0 bridgehead atoms. The van der Waals surface area contributed by atoms with Gasteiger partial charge in [0.2, 0.25) is 0 Å². The molecule has 0 radical (unpaired) electrons. The minimum atomic E-state index is -4.60. The molecule has 7 heteroatoms. The number of nitro benzene ring substituents is 1. The van der Waals surface area contributed by atoms with Crippen molar-refractivity contribution in [2.75, 3.05) is 0 Å². The number of hydrogen-bond donors (Lipinski definition) is 1. The number of hydrogen-bond acceptors (Lipinski definition) is 4. The van der Waals surface area contributed by atoms with Crippen LogP contribution >= 0.6 is 0 Å². The van der Waals surface area contributed by atoms with Crippen LogP contribution < -0.4 is 0 Å². The Labute approximate surface area is 92.1 Å². The maximum atomic E-state index is 10.9. The SMILES string of the molecule is C=CCc1cccc(S(=O)(=O)O)c1[N+](=O)[O-]. The van der Waals surface area contributed by atoms with Gasteiger partial charge in [-0.2, -0.15) is 8.42 Å². The van der Waals surface area contributed by atoms with E-state index in [0.717, 1.165) is 6.07 Å². The summed E-state index contributed by atoms with van der Waals surface area (Å²) in [6, 6.07) is 3.73. The van der Waals surface area contributed by atoms with E-state index < -0.39 is 25.6 Å². The maximum absolute atomic E-state index is 10.9. The van der Waals surface area contributed by atoms with Crippen molar-refractivity contribution in [3.63, 3.8) is 0 Å². The molecule has 0 amide bonds. The van der Waals surface area contributed by atoms with Crippen LogP contribution in [0.1, 0.15) is 5.56 Å². The molecule has 86 valence electrons. The Balaban J connectivity index is 3.57. The first kappa shape index (κ1) is 12.3. The molecule has 0 saturated heterocycles. The van der Waals surface area contributed by atoms with E-state index in [1.165, 1.54) is 18.2 Å². The van der Waals surface area contributed by atoms with Crippen LogP contribution in [0.25, 0.3) is 0 Å². The van der Waals surface area contributed by atoms with Gasteiger partial charge in [-0.3, -0.25) is 14.7 Å². The van der Waals surface area contributed by atoms with Gasteiger partial charge in [-0.05, 0) is 12.5 Å². The van der Waals surface area contributed by atoms with E-state index in [-0.39, 0.29) is 12.0 Å². The van der Waals surface area contributed by atoms with Crippen molar-refractivity contribution < 1.29 is 17.9 Å². The molecule has 0 aliphatic rings. The highest BCUT2D eigenvalue weighted by molar-refractivity contribution is 7.86. The zero-order valence-electron chi connectivity index (χ0n) is 8.16. The van der Waals surface area contributed by atoms with Crippen molar-refractivity contribution in [1.29, 1.82) is 0 Å². The molecular formula is C9H9NO5S. The molecule has 0 heterocycles. The summed E-state index contributed by atoms with van der Waals surface area (Å²) in [4.78, 5) is 9.23. The molecule has 0 aromatic heterocycles. The summed E-state index contributed by atoms with van der Waals surface area (Å²) in [6.07, 6.45) is 1.57. The molecular weight excluding hydrogens is 234 g/mol. The van der Waals surface area contributed by atoms with Crippen molar-refractivity contribution in [2.24, 2.45) is 0 Å². The fourth-order valence-corrected chi connectivity index (χ4v) is 2.00. The molecule has 0 aliphatic heterocycles. The van der Waals surface area contributed by atoms with Crippen LogP contribution in [-0.2, 0) is 16.5 Å². The minimum Gasteiger partial charge on any atom is -0.282 e. The van der Waals surface area contributed by atoms with Crippen LogP contribution in [-0.4, -0.2) is 17.9 Å². The van der Waals surface area contributed by atoms with E-state index in [2.05, 4.69) is 6.58 Å². The van der Waals surface area contributed by atoms with E-state index in [1.807, 2.05) is 0 Å². The zero-order valence-corrected chi connectivity index (χ0v) is 8.98. The highest BCUT2D eigenvalue weighted by Crippen LogP contribution is 2.28. The Morgan fingerprint density at radius 1 is 1.50 bits per heavy atom. The Morgan fingerprint density at radius 2 is 2.12 bits per heavy atom. The molecule has 1 aromatic rings. The third kappa shape index (κ3) is 2.44. The van der Waals surface area contributed by atoms with E-state index in [1.54, 1.807) is 0 Å². The van der Waals surface area contributed by atoms with Gasteiger partial charge < -0.3 is 0 Å². The standard InChI is InChI=1S/C9H9NO5S/c1-2-4-7-5-3-6-8(16(13,14)15)9(7)10(11)12/h2-3,5-6H,1,4H2,(H,13,14,15). The predicted octanol–water partition coefficient (Wildman–Crippen LogP) is 1.57. The van der Waals surface area contributed by atoms with Gasteiger partial charge in [0.05, 0.1) is 4.92 Å². The Hall–Kier alpha value is -1.73. The predicted molar refractivity (Wildman–Crippen MR) is 56.8 cm³/mol. The summed E-state index contributed by atoms with van der Waals surface area (Å²) in [5.74, 6) is 0. The van der Waals surface area contributed by atoms with Gasteiger partial charge in [-0.15, -0.1) is 6.58 Å². The lowest BCUT2D eigenvalue weighted by atomic mass is 10.1. The first-order chi connectivity index (χ1) is 7.38. The smallest absolute Gasteiger partial charge is 0.282 e. The lowest BCUT2D eigenvalue weighted by molar-refractivity contribution is -0.388. The molecule has 0 aliphatic carbocycles. The summed E-state index contributed by atoms with van der Waals surface area (Å²) in [6.45, 7) is 3.41. The highest BCUT2D eigenvalue weighted by atomic mass is 32.2. The molecule has 0 spiro atoms. The van der Waals surface area contributed by atoms with Gasteiger partial charge in [-0.1, -0.05) is 18.2 Å². The fourth-order valence-electron chi connectivity index (χ4n) is 1.30. The van der Waals surface area contributed by atoms with Crippen molar-refractivity contribution in [3.8, 4) is 0 Å². The Morgan fingerprint density at radius 3 is 2.56 bits per heavy atom. The molecule has 0 fully saturated rings. The minimum absolute atomic E-state index is 0.152. The Bertz CT molecular complexity index is 535. The van der Waals surface area contributed by atoms with Gasteiger partial charge in [0.15, 0.2) is 4.90 Å². The second-order valence-electron chi connectivity index (χ2n) is 2.99. The largest absolute Gasteiger partial charge is 0.301 e. The van der Waals surface area contributed by atoms with Crippen molar-refractivity contribution >= 4 is 15.8 Å². The number of para-hydroxylation sites is 1. The average Bonchev–Trinajstić information content (AvgIpc) is 2.16. The molecule has 0 unspecified atom stereocenters. The molecule has 16 heavy (non-hydrogen) atoms. The van der Waals surface area contributed by atoms with Gasteiger partial charge in [0, 0.05) is 5.56 Å². The molecule has 1 aromatic carbocycles. The summed E-state index contributed by atoms with van der Waals surface area (Å²) in [5, 5.41) is 10.8. The van der Waals surface area contributed by atoms with Gasteiger partial charge in [0.25, 0.3) is 5.69 Å². The van der Waals surface area contributed by atoms with Gasteiger partial charge in [0.1, 0.15) is 0 Å². The first-order valence-electron chi connectivity index (χ1n) is 4.22. The van der Waals surface area contributed by atoms with Crippen LogP contribution in [0.3, 0.4) is 0 Å². The first-order valence-corrected chi connectivity index (χ1v) is 5.66. The molecule has 1 rings (SSSR count). The lowest BCUT2D eigenvalue weighted by Crippen LogP contribution is -2.05. The van der Waals surface area contributed by atoms with Crippen molar-refractivity contribution in [2.45, 2.75) is 11.3 Å². The van der Waals surface area contributed by atoms with Crippen molar-refractivity contribution in [3.05, 3.63) is 46.5 Å². The molecule has 0 saturated carbocycles. The summed E-state index contributed by atoms with van der Waals surface area (Å²) >= 11 is 0. The number of nitrogens with zero attached hydrogens (tertiary/aromatic N) is 1. The third-order valence-corrected chi connectivity index (χ3v) is 2.79. The van der Waals surface area contributed by atoms with E-state index in [0.29, 0.717) is 0 Å². The van der Waals surface area contributed by atoms with E-state index in [9.17, 15) is 18.5 Å². The molecule has 6 nitrogen and oxygen atoms in total. The fraction of sp³-hybridized carbons (Fsp3) is 0.111. The number of rotatable bonds is 4.